The van der Waals surface area contributed by atoms with E-state index >= 15 is 0 Å². The van der Waals surface area contributed by atoms with Gasteiger partial charge in [0.15, 0.2) is 0 Å². The van der Waals surface area contributed by atoms with Crippen molar-refractivity contribution in [3.05, 3.63) is 102 Å². The first kappa shape index (κ1) is 20.0. The average molecular weight is 410 g/mol. The lowest BCUT2D eigenvalue weighted by Crippen LogP contribution is -2.30. The molecule has 3 nitrogen and oxygen atoms in total. The van der Waals surface area contributed by atoms with Crippen molar-refractivity contribution in [1.82, 2.24) is 5.32 Å². The number of rotatable bonds is 6. The molecule has 0 aromatic heterocycles. The molecule has 3 aromatic carbocycles. The Morgan fingerprint density at radius 3 is 2.16 bits per heavy atom. The minimum absolute atomic E-state index is 0.225. The fourth-order valence-electron chi connectivity index (χ4n) is 4.82. The molecule has 3 heteroatoms. The molecule has 1 aliphatic heterocycles. The normalized spacial score (nSPS) is 19.4. The Balaban J connectivity index is 1.35. The number of anilines is 1. The average Bonchev–Trinajstić information content (AvgIpc) is 3.30. The van der Waals surface area contributed by atoms with E-state index in [1.165, 1.54) is 48.8 Å². The summed E-state index contributed by atoms with van der Waals surface area (Å²) < 4.78 is 0. The molecule has 1 aliphatic carbocycles. The molecule has 31 heavy (non-hydrogen) atoms. The molecule has 1 N–H and O–H groups in total. The van der Waals surface area contributed by atoms with Crippen molar-refractivity contribution in [3.8, 4) is 0 Å². The Labute approximate surface area is 185 Å². The number of hydrogen-bond acceptors (Lipinski definition) is 3. The SMILES string of the molecule is c1ccc(C2=NN(c3ccc(CNC4CCCCC4)cc3)[C@H](c3ccccc3)C2)cc1. The molecule has 2 aliphatic rings. The third-order valence-electron chi connectivity index (χ3n) is 6.60. The van der Waals surface area contributed by atoms with E-state index in [0.717, 1.165) is 24.4 Å². The van der Waals surface area contributed by atoms with Crippen molar-refractivity contribution in [2.45, 2.75) is 57.2 Å². The molecule has 0 spiro atoms. The van der Waals surface area contributed by atoms with Crippen LogP contribution >= 0.6 is 0 Å². The van der Waals surface area contributed by atoms with E-state index in [-0.39, 0.29) is 6.04 Å². The van der Waals surface area contributed by atoms with Gasteiger partial charge in [0.25, 0.3) is 0 Å². The standard InChI is InChI=1S/C28H31N3/c1-4-10-23(11-5-1)27-20-28(24-12-6-2-7-13-24)31(30-27)26-18-16-22(17-19-26)21-29-25-14-8-3-9-15-25/h1-2,4-7,10-13,16-19,25,28-29H,3,8-9,14-15,20-21H2/t28-/m0/s1. The minimum Gasteiger partial charge on any atom is -0.310 e. The van der Waals surface area contributed by atoms with Gasteiger partial charge in [0, 0.05) is 19.0 Å². The molecule has 0 unspecified atom stereocenters. The van der Waals surface area contributed by atoms with Crippen LogP contribution in [0.4, 0.5) is 5.69 Å². The Kier molecular flexibility index (Phi) is 6.13. The van der Waals surface area contributed by atoms with E-state index in [1.807, 2.05) is 0 Å². The molecule has 1 heterocycles. The van der Waals surface area contributed by atoms with E-state index in [2.05, 4.69) is 95.3 Å². The lowest BCUT2D eigenvalue weighted by atomic mass is 9.95. The Bertz CT molecular complexity index is 989. The van der Waals surface area contributed by atoms with Crippen LogP contribution in [-0.2, 0) is 6.54 Å². The van der Waals surface area contributed by atoms with Crippen molar-refractivity contribution in [3.63, 3.8) is 0 Å². The first-order valence-electron chi connectivity index (χ1n) is 11.7. The molecule has 0 bridgehead atoms. The van der Waals surface area contributed by atoms with Gasteiger partial charge in [0.2, 0.25) is 0 Å². The molecule has 1 saturated carbocycles. The molecule has 5 rings (SSSR count). The van der Waals surface area contributed by atoms with Crippen LogP contribution in [0.15, 0.2) is 90.0 Å². The predicted octanol–water partition coefficient (Wildman–Crippen LogP) is 6.46. The van der Waals surface area contributed by atoms with E-state index in [9.17, 15) is 0 Å². The summed E-state index contributed by atoms with van der Waals surface area (Å²) in [6, 6.07) is 31.2. The summed E-state index contributed by atoms with van der Waals surface area (Å²) >= 11 is 0. The molecule has 158 valence electrons. The highest BCUT2D eigenvalue weighted by Gasteiger charge is 2.29. The zero-order valence-corrected chi connectivity index (χ0v) is 18.1. The van der Waals surface area contributed by atoms with Crippen molar-refractivity contribution in [2.24, 2.45) is 5.10 Å². The summed E-state index contributed by atoms with van der Waals surface area (Å²) in [6.45, 7) is 0.950. The van der Waals surface area contributed by atoms with Crippen LogP contribution in [0.5, 0.6) is 0 Å². The Hall–Kier alpha value is -2.91. The summed E-state index contributed by atoms with van der Waals surface area (Å²) in [7, 11) is 0. The van der Waals surface area contributed by atoms with Crippen LogP contribution in [0, 0.1) is 0 Å². The number of hydrogen-bond donors (Lipinski definition) is 1. The predicted molar refractivity (Wildman–Crippen MR) is 129 cm³/mol. The van der Waals surface area contributed by atoms with Crippen LogP contribution in [0.1, 0.15) is 61.3 Å². The number of nitrogens with one attached hydrogen (secondary N) is 1. The van der Waals surface area contributed by atoms with Gasteiger partial charge in [0.05, 0.1) is 17.4 Å². The highest BCUT2D eigenvalue weighted by atomic mass is 15.5. The monoisotopic (exact) mass is 409 g/mol. The van der Waals surface area contributed by atoms with E-state index < -0.39 is 0 Å². The van der Waals surface area contributed by atoms with Gasteiger partial charge in [-0.3, -0.25) is 5.01 Å². The maximum atomic E-state index is 5.07. The second-order valence-electron chi connectivity index (χ2n) is 8.77. The molecule has 0 amide bonds. The van der Waals surface area contributed by atoms with Gasteiger partial charge in [-0.2, -0.15) is 5.10 Å². The molecule has 0 radical (unpaired) electrons. The lowest BCUT2D eigenvalue weighted by Gasteiger charge is -2.25. The number of benzene rings is 3. The van der Waals surface area contributed by atoms with Gasteiger partial charge in [-0.15, -0.1) is 0 Å². The molecular weight excluding hydrogens is 378 g/mol. The molecule has 0 saturated heterocycles. The van der Waals surface area contributed by atoms with Gasteiger partial charge >= 0.3 is 0 Å². The largest absolute Gasteiger partial charge is 0.310 e. The van der Waals surface area contributed by atoms with Crippen LogP contribution in [-0.4, -0.2) is 11.8 Å². The number of nitrogens with zero attached hydrogens (tertiary/aromatic N) is 2. The first-order chi connectivity index (χ1) is 15.4. The van der Waals surface area contributed by atoms with Crippen LogP contribution in [0.25, 0.3) is 0 Å². The second kappa shape index (κ2) is 9.49. The third-order valence-corrected chi connectivity index (χ3v) is 6.60. The fourth-order valence-corrected chi connectivity index (χ4v) is 4.82. The fraction of sp³-hybridized carbons (Fsp3) is 0.321. The van der Waals surface area contributed by atoms with Gasteiger partial charge in [-0.25, -0.2) is 0 Å². The van der Waals surface area contributed by atoms with E-state index in [0.29, 0.717) is 6.04 Å². The highest BCUT2D eigenvalue weighted by Crippen LogP contribution is 2.36. The first-order valence-corrected chi connectivity index (χ1v) is 11.7. The number of hydrazone groups is 1. The zero-order valence-electron chi connectivity index (χ0n) is 18.1. The zero-order chi connectivity index (χ0) is 20.9. The summed E-state index contributed by atoms with van der Waals surface area (Å²) in [4.78, 5) is 0. The quantitative estimate of drug-likeness (QED) is 0.505. The van der Waals surface area contributed by atoms with Gasteiger partial charge in [-0.05, 0) is 41.7 Å². The van der Waals surface area contributed by atoms with Gasteiger partial charge in [-0.1, -0.05) is 92.1 Å². The Morgan fingerprint density at radius 1 is 0.774 bits per heavy atom. The summed E-state index contributed by atoms with van der Waals surface area (Å²) in [6.07, 6.45) is 7.70. The highest BCUT2D eigenvalue weighted by molar-refractivity contribution is 6.03. The van der Waals surface area contributed by atoms with Crippen molar-refractivity contribution >= 4 is 11.4 Å². The van der Waals surface area contributed by atoms with Crippen LogP contribution < -0.4 is 10.3 Å². The van der Waals surface area contributed by atoms with Crippen molar-refractivity contribution in [1.29, 1.82) is 0 Å². The molecule has 1 fully saturated rings. The molecular formula is C28H31N3. The smallest absolute Gasteiger partial charge is 0.0831 e. The van der Waals surface area contributed by atoms with Gasteiger partial charge < -0.3 is 5.32 Å². The van der Waals surface area contributed by atoms with Crippen molar-refractivity contribution < 1.29 is 0 Å². The summed E-state index contributed by atoms with van der Waals surface area (Å²) in [5.74, 6) is 0. The Morgan fingerprint density at radius 2 is 1.45 bits per heavy atom. The molecule has 3 aromatic rings. The maximum Gasteiger partial charge on any atom is 0.0831 e. The van der Waals surface area contributed by atoms with Crippen LogP contribution in [0.2, 0.25) is 0 Å². The minimum atomic E-state index is 0.225. The summed E-state index contributed by atoms with van der Waals surface area (Å²) in [5, 5.41) is 11.0. The maximum absolute atomic E-state index is 5.07. The lowest BCUT2D eigenvalue weighted by molar-refractivity contribution is 0.372. The van der Waals surface area contributed by atoms with E-state index in [4.69, 9.17) is 5.10 Å². The third kappa shape index (κ3) is 4.72. The van der Waals surface area contributed by atoms with E-state index in [1.54, 1.807) is 0 Å². The molecule has 1 atom stereocenters. The van der Waals surface area contributed by atoms with Gasteiger partial charge in [0.1, 0.15) is 0 Å². The topological polar surface area (TPSA) is 27.6 Å². The van der Waals surface area contributed by atoms with Crippen molar-refractivity contribution in [2.75, 3.05) is 5.01 Å². The summed E-state index contributed by atoms with van der Waals surface area (Å²) in [5.41, 5.74) is 6.16. The van der Waals surface area contributed by atoms with Crippen LogP contribution in [0.3, 0.4) is 0 Å². The second-order valence-corrected chi connectivity index (χ2v) is 8.77.